The monoisotopic (exact) mass is 417 g/mol. The molecule has 5 rings (SSSR count). The normalized spacial score (nSPS) is 16.5. The van der Waals surface area contributed by atoms with Crippen LogP contribution < -0.4 is 9.80 Å². The molecule has 4 heterocycles. The molecule has 160 valence electrons. The maximum atomic E-state index is 11.9. The summed E-state index contributed by atoms with van der Waals surface area (Å²) in [7, 11) is 0. The van der Waals surface area contributed by atoms with E-state index in [-0.39, 0.29) is 5.91 Å². The second-order valence-electron chi connectivity index (χ2n) is 8.07. The number of carbonyl (C=O) groups is 1. The van der Waals surface area contributed by atoms with Crippen molar-refractivity contribution in [2.75, 3.05) is 42.5 Å². The van der Waals surface area contributed by atoms with Crippen molar-refractivity contribution in [2.24, 2.45) is 0 Å². The van der Waals surface area contributed by atoms with Gasteiger partial charge in [0.2, 0.25) is 5.91 Å². The van der Waals surface area contributed by atoms with Gasteiger partial charge in [-0.15, -0.1) is 0 Å². The Hall–Kier alpha value is -3.42. The topological polar surface area (TPSA) is 81.3 Å². The second kappa shape index (κ2) is 8.02. The van der Waals surface area contributed by atoms with E-state index >= 15 is 0 Å². The second-order valence-corrected chi connectivity index (χ2v) is 8.07. The molecular formula is C23H27N7O. The molecule has 0 atom stereocenters. The zero-order chi connectivity index (χ0) is 21.4. The molecule has 2 aliphatic heterocycles. The molecule has 8 nitrogen and oxygen atoms in total. The highest BCUT2D eigenvalue weighted by Gasteiger charge is 2.28. The molecule has 0 spiro atoms. The minimum atomic E-state index is 0.000147. The molecule has 1 amide bonds. The summed E-state index contributed by atoms with van der Waals surface area (Å²) in [4.78, 5) is 27.7. The van der Waals surface area contributed by atoms with E-state index in [1.165, 1.54) is 28.3 Å². The van der Waals surface area contributed by atoms with Gasteiger partial charge >= 0.3 is 0 Å². The Morgan fingerprint density at radius 3 is 2.77 bits per heavy atom. The number of anilines is 2. The average Bonchev–Trinajstić information content (AvgIpc) is 3.31. The van der Waals surface area contributed by atoms with Gasteiger partial charge in [0, 0.05) is 43.7 Å². The Morgan fingerprint density at radius 2 is 2.00 bits per heavy atom. The first-order chi connectivity index (χ1) is 15.2. The van der Waals surface area contributed by atoms with Gasteiger partial charge in [0.1, 0.15) is 12.1 Å². The van der Waals surface area contributed by atoms with Gasteiger partial charge in [-0.25, -0.2) is 9.97 Å². The lowest BCUT2D eigenvalue weighted by atomic mass is 10.0. The number of aromatic nitrogens is 4. The van der Waals surface area contributed by atoms with Gasteiger partial charge in [0.05, 0.1) is 29.6 Å². The van der Waals surface area contributed by atoms with E-state index < -0.39 is 0 Å². The summed E-state index contributed by atoms with van der Waals surface area (Å²) in [5, 5.41) is 8.52. The number of benzene rings is 1. The molecule has 2 aliphatic rings. The number of nitrogens with one attached hydrogen (secondary N) is 1. The Bertz CT molecular complexity index is 1130. The predicted octanol–water partition coefficient (Wildman–Crippen LogP) is 2.31. The summed E-state index contributed by atoms with van der Waals surface area (Å²) in [6.45, 7) is 10.4. The lowest BCUT2D eigenvalue weighted by Gasteiger charge is -2.38. The van der Waals surface area contributed by atoms with E-state index in [2.05, 4.69) is 55.6 Å². The largest absolute Gasteiger partial charge is 0.364 e. The number of aryl methyl sites for hydroxylation is 1. The van der Waals surface area contributed by atoms with Crippen molar-refractivity contribution < 1.29 is 4.79 Å². The van der Waals surface area contributed by atoms with Crippen LogP contribution in [0.1, 0.15) is 23.7 Å². The number of aromatic amines is 1. The molecule has 1 fully saturated rings. The highest BCUT2D eigenvalue weighted by Crippen LogP contribution is 2.35. The lowest BCUT2D eigenvalue weighted by molar-refractivity contribution is -0.126. The number of fused-ring (bicyclic) bond motifs is 2. The molecule has 1 saturated heterocycles. The van der Waals surface area contributed by atoms with Crippen LogP contribution in [-0.4, -0.2) is 63.7 Å². The fourth-order valence-electron chi connectivity index (χ4n) is 4.77. The number of H-pyrrole nitrogens is 1. The molecule has 0 bridgehead atoms. The van der Waals surface area contributed by atoms with Gasteiger partial charge in [-0.05, 0) is 30.5 Å². The number of hydrogen-bond donors (Lipinski definition) is 1. The molecule has 0 aliphatic carbocycles. The third kappa shape index (κ3) is 3.41. The number of amides is 1. The predicted molar refractivity (Wildman–Crippen MR) is 121 cm³/mol. The average molecular weight is 418 g/mol. The summed E-state index contributed by atoms with van der Waals surface area (Å²) in [5.41, 5.74) is 5.97. The first-order valence-electron chi connectivity index (χ1n) is 10.9. The van der Waals surface area contributed by atoms with Crippen molar-refractivity contribution in [2.45, 2.75) is 26.3 Å². The van der Waals surface area contributed by atoms with Crippen molar-refractivity contribution in [1.82, 2.24) is 25.1 Å². The molecule has 0 unspecified atom stereocenters. The molecule has 31 heavy (non-hydrogen) atoms. The van der Waals surface area contributed by atoms with E-state index in [1.807, 2.05) is 11.1 Å². The van der Waals surface area contributed by atoms with Gasteiger partial charge in [-0.3, -0.25) is 9.89 Å². The molecule has 0 radical (unpaired) electrons. The molecule has 0 saturated carbocycles. The van der Waals surface area contributed by atoms with E-state index in [0.29, 0.717) is 13.1 Å². The van der Waals surface area contributed by atoms with Crippen LogP contribution in [0, 0.1) is 0 Å². The first-order valence-corrected chi connectivity index (χ1v) is 10.9. The van der Waals surface area contributed by atoms with Crippen molar-refractivity contribution >= 4 is 28.3 Å². The highest BCUT2D eigenvalue weighted by molar-refractivity contribution is 5.93. The Morgan fingerprint density at radius 1 is 1.16 bits per heavy atom. The van der Waals surface area contributed by atoms with Crippen molar-refractivity contribution in [1.29, 1.82) is 0 Å². The van der Waals surface area contributed by atoms with Crippen molar-refractivity contribution in [3.63, 3.8) is 0 Å². The summed E-state index contributed by atoms with van der Waals surface area (Å²) < 4.78 is 0. The van der Waals surface area contributed by atoms with Crippen LogP contribution in [0.3, 0.4) is 0 Å². The maximum absolute atomic E-state index is 11.9. The quantitative estimate of drug-likeness (QED) is 0.656. The minimum Gasteiger partial charge on any atom is -0.364 e. The molecule has 3 aromatic rings. The van der Waals surface area contributed by atoms with Crippen LogP contribution in [0.25, 0.3) is 10.9 Å². The molecular weight excluding hydrogens is 390 g/mol. The number of nitrogens with zero attached hydrogens (tertiary/aromatic N) is 6. The number of piperazine rings is 1. The summed E-state index contributed by atoms with van der Waals surface area (Å²) in [5.74, 6) is 1.02. The van der Waals surface area contributed by atoms with Crippen LogP contribution in [-0.2, 0) is 24.2 Å². The van der Waals surface area contributed by atoms with E-state index in [1.54, 1.807) is 6.33 Å². The highest BCUT2D eigenvalue weighted by atomic mass is 16.2. The molecule has 2 aromatic heterocycles. The lowest BCUT2D eigenvalue weighted by Crippen LogP contribution is -2.49. The van der Waals surface area contributed by atoms with Crippen molar-refractivity contribution in [3.05, 3.63) is 54.1 Å². The van der Waals surface area contributed by atoms with Gasteiger partial charge in [-0.1, -0.05) is 19.6 Å². The van der Waals surface area contributed by atoms with Crippen LogP contribution >= 0.6 is 0 Å². The van der Waals surface area contributed by atoms with Crippen molar-refractivity contribution in [3.8, 4) is 0 Å². The fraction of sp³-hybridized carbons (Fsp3) is 0.391. The Labute approximate surface area is 181 Å². The zero-order valence-electron chi connectivity index (χ0n) is 17.8. The van der Waals surface area contributed by atoms with E-state index in [9.17, 15) is 4.79 Å². The number of rotatable bonds is 4. The van der Waals surface area contributed by atoms with Crippen LogP contribution in [0.2, 0.25) is 0 Å². The van der Waals surface area contributed by atoms with Crippen LogP contribution in [0.4, 0.5) is 11.5 Å². The standard InChI is InChI=1S/C23H27N7O/c1-3-16-5-6-19-18(13-26-27-19)22(16)30-8-7-17-20(14-30)24-15-25-23(17)29-11-9-28(10-12-29)21(31)4-2/h4-6,13,15H,2-3,7-12,14H2,1H3,(H,26,27). The fourth-order valence-corrected chi connectivity index (χ4v) is 4.77. The smallest absolute Gasteiger partial charge is 0.246 e. The third-order valence-corrected chi connectivity index (χ3v) is 6.43. The third-order valence-electron chi connectivity index (χ3n) is 6.43. The Balaban J connectivity index is 1.41. The van der Waals surface area contributed by atoms with Crippen LogP contribution in [0.5, 0.6) is 0 Å². The number of hydrogen-bond acceptors (Lipinski definition) is 6. The zero-order valence-corrected chi connectivity index (χ0v) is 17.8. The summed E-state index contributed by atoms with van der Waals surface area (Å²) in [6, 6.07) is 4.31. The summed E-state index contributed by atoms with van der Waals surface area (Å²) >= 11 is 0. The van der Waals surface area contributed by atoms with Gasteiger partial charge < -0.3 is 14.7 Å². The summed E-state index contributed by atoms with van der Waals surface area (Å²) in [6.07, 6.45) is 6.87. The number of carbonyl (C=O) groups excluding carboxylic acids is 1. The SMILES string of the molecule is C=CC(=O)N1CCN(c2ncnc3c2CCN(c2c(CC)ccc4[nH]ncc24)C3)CC1. The van der Waals surface area contributed by atoms with E-state index in [0.717, 1.165) is 56.0 Å². The molecule has 1 N–H and O–H groups in total. The molecule has 8 heteroatoms. The maximum Gasteiger partial charge on any atom is 0.246 e. The molecule has 1 aromatic carbocycles. The van der Waals surface area contributed by atoms with Crippen LogP contribution in [0.15, 0.2) is 37.3 Å². The van der Waals surface area contributed by atoms with Gasteiger partial charge in [0.15, 0.2) is 0 Å². The first kappa shape index (κ1) is 19.5. The van der Waals surface area contributed by atoms with Gasteiger partial charge in [0.25, 0.3) is 0 Å². The van der Waals surface area contributed by atoms with Gasteiger partial charge in [-0.2, -0.15) is 5.10 Å². The Kier molecular flexibility index (Phi) is 5.05. The minimum absolute atomic E-state index is 0.000147. The van der Waals surface area contributed by atoms with E-state index in [4.69, 9.17) is 0 Å².